The molecule has 0 aliphatic heterocycles. The molecule has 0 aromatic heterocycles. The van der Waals surface area contributed by atoms with E-state index >= 15 is 0 Å². The molecular formula is C39H47F3O5SSi2. The van der Waals surface area contributed by atoms with Crippen molar-refractivity contribution in [3.63, 3.8) is 0 Å². The largest absolute Gasteiger partial charge is 0.523 e. The summed E-state index contributed by atoms with van der Waals surface area (Å²) in [6, 6.07) is 40.1. The molecule has 0 spiro atoms. The van der Waals surface area contributed by atoms with Crippen LogP contribution >= 0.6 is 0 Å². The first-order valence-electron chi connectivity index (χ1n) is 16.9. The minimum absolute atomic E-state index is 0.0000979. The molecule has 0 N–H and O–H groups in total. The van der Waals surface area contributed by atoms with E-state index in [1.807, 2.05) is 97.1 Å². The molecule has 0 unspecified atom stereocenters. The zero-order valence-electron chi connectivity index (χ0n) is 29.5. The second-order valence-corrected chi connectivity index (χ2v) is 25.3. The van der Waals surface area contributed by atoms with Crippen LogP contribution in [0.4, 0.5) is 13.2 Å². The van der Waals surface area contributed by atoms with Crippen molar-refractivity contribution in [2.75, 3.05) is 13.2 Å². The molecule has 11 heteroatoms. The Balaban J connectivity index is 1.54. The number of hydrogen-bond donors (Lipinski definition) is 0. The fraction of sp³-hybridized carbons (Fsp3) is 0.385. The van der Waals surface area contributed by atoms with Crippen LogP contribution in [0, 0.1) is 11.8 Å². The fourth-order valence-corrected chi connectivity index (χ4v) is 17.4. The first kappa shape index (κ1) is 38.2. The zero-order chi connectivity index (χ0) is 36.4. The van der Waals surface area contributed by atoms with Crippen molar-refractivity contribution in [3.05, 3.63) is 121 Å². The average Bonchev–Trinajstić information content (AvgIpc) is 3.06. The Labute approximate surface area is 297 Å². The quantitative estimate of drug-likeness (QED) is 0.0889. The highest BCUT2D eigenvalue weighted by Gasteiger charge is 2.57. The van der Waals surface area contributed by atoms with Gasteiger partial charge in [-0.05, 0) is 43.2 Å². The minimum Gasteiger partial charge on any atom is -0.407 e. The maximum absolute atomic E-state index is 13.6. The van der Waals surface area contributed by atoms with Crippen molar-refractivity contribution in [2.45, 2.75) is 69.7 Å². The first-order valence-corrected chi connectivity index (χ1v) is 22.2. The third-order valence-corrected chi connectivity index (χ3v) is 21.1. The minimum atomic E-state index is -5.83. The molecular weight excluding hydrogens is 694 g/mol. The fourth-order valence-electron chi connectivity index (χ4n) is 7.50. The van der Waals surface area contributed by atoms with Crippen LogP contribution in [0.25, 0.3) is 0 Å². The highest BCUT2D eigenvalue weighted by Crippen LogP contribution is 2.45. The summed E-state index contributed by atoms with van der Waals surface area (Å²) in [5, 5.41) is 3.46. The van der Waals surface area contributed by atoms with Gasteiger partial charge in [-0.1, -0.05) is 163 Å². The molecule has 3 atom stereocenters. The number of hydrogen-bond acceptors (Lipinski definition) is 5. The van der Waals surface area contributed by atoms with E-state index in [9.17, 15) is 21.6 Å². The first-order chi connectivity index (χ1) is 23.4. The van der Waals surface area contributed by atoms with Crippen LogP contribution in [-0.2, 0) is 23.2 Å². The molecule has 1 aliphatic carbocycles. The van der Waals surface area contributed by atoms with Gasteiger partial charge in [0.25, 0.3) is 16.6 Å². The van der Waals surface area contributed by atoms with E-state index in [4.69, 9.17) is 13.0 Å². The summed E-state index contributed by atoms with van der Waals surface area (Å²) in [5.74, 6) is -0.990. The smallest absolute Gasteiger partial charge is 0.407 e. The van der Waals surface area contributed by atoms with Crippen molar-refractivity contribution in [1.29, 1.82) is 0 Å². The van der Waals surface area contributed by atoms with Crippen molar-refractivity contribution >= 4 is 47.5 Å². The number of halogens is 3. The lowest BCUT2D eigenvalue weighted by Crippen LogP contribution is -2.68. The lowest BCUT2D eigenvalue weighted by Gasteiger charge is -2.50. The summed E-state index contributed by atoms with van der Waals surface area (Å²) in [6.07, 6.45) is -1.13. The van der Waals surface area contributed by atoms with E-state index < -0.39 is 49.3 Å². The van der Waals surface area contributed by atoms with E-state index in [0.29, 0.717) is 0 Å². The third kappa shape index (κ3) is 7.31. The van der Waals surface area contributed by atoms with Gasteiger partial charge in [0.15, 0.2) is 0 Å². The van der Waals surface area contributed by atoms with Gasteiger partial charge in [0.05, 0.1) is 6.10 Å². The van der Waals surface area contributed by atoms with Gasteiger partial charge in [0.1, 0.15) is 0 Å². The van der Waals surface area contributed by atoms with E-state index in [2.05, 4.69) is 65.8 Å². The maximum Gasteiger partial charge on any atom is 0.523 e. The van der Waals surface area contributed by atoms with E-state index in [-0.39, 0.29) is 30.6 Å². The van der Waals surface area contributed by atoms with Crippen LogP contribution in [0.15, 0.2) is 121 Å². The number of rotatable bonds is 12. The molecule has 0 amide bonds. The van der Waals surface area contributed by atoms with Crippen LogP contribution in [0.2, 0.25) is 10.1 Å². The normalized spacial score (nSPS) is 19.2. The molecule has 5 nitrogen and oxygen atoms in total. The standard InChI is InChI=1S/C39H47F3O5SSi2/c1-37(2,3)49(31-19-11-7-12-20-31,32-21-13-8-14-22-32)45-28-30-27-36(47-48(43,44)39(40,41)42)35(30)29-46-50(38(4,5)6,33-23-15-9-16-24-33)34-25-17-10-18-26-34/h7-26,30,35-36H,27-29H2,1-6H3/t30-,35-,36+/m1/s1. The Morgan fingerprint density at radius 2 is 0.900 bits per heavy atom. The van der Waals surface area contributed by atoms with Gasteiger partial charge in [0, 0.05) is 19.1 Å². The zero-order valence-corrected chi connectivity index (χ0v) is 32.3. The van der Waals surface area contributed by atoms with Gasteiger partial charge in [-0.15, -0.1) is 0 Å². The topological polar surface area (TPSA) is 61.8 Å². The Kier molecular flexibility index (Phi) is 11.1. The molecule has 1 saturated carbocycles. The highest BCUT2D eigenvalue weighted by atomic mass is 32.2. The van der Waals surface area contributed by atoms with Crippen molar-refractivity contribution in [1.82, 2.24) is 0 Å². The van der Waals surface area contributed by atoms with E-state index in [0.717, 1.165) is 20.7 Å². The molecule has 4 aromatic rings. The predicted octanol–water partition coefficient (Wildman–Crippen LogP) is 7.01. The Morgan fingerprint density at radius 3 is 1.20 bits per heavy atom. The Bertz CT molecular complexity index is 1720. The molecule has 1 aliphatic rings. The Hall–Kier alpha value is -3.07. The van der Waals surface area contributed by atoms with Crippen LogP contribution in [-0.4, -0.2) is 49.9 Å². The summed E-state index contributed by atoms with van der Waals surface area (Å²) >= 11 is 0. The molecule has 4 aromatic carbocycles. The number of alkyl halides is 3. The average molecular weight is 741 g/mol. The van der Waals surface area contributed by atoms with E-state index in [1.165, 1.54) is 0 Å². The van der Waals surface area contributed by atoms with Crippen molar-refractivity contribution in [3.8, 4) is 0 Å². The van der Waals surface area contributed by atoms with Gasteiger partial charge in [-0.25, -0.2) is 0 Å². The number of benzene rings is 4. The maximum atomic E-state index is 13.6. The van der Waals surface area contributed by atoms with Crippen LogP contribution in [0.1, 0.15) is 48.0 Å². The van der Waals surface area contributed by atoms with Crippen molar-refractivity contribution < 1.29 is 34.6 Å². The third-order valence-electron chi connectivity index (χ3n) is 9.99. The second-order valence-electron chi connectivity index (χ2n) is 15.1. The van der Waals surface area contributed by atoms with Gasteiger partial charge in [-0.2, -0.15) is 21.6 Å². The predicted molar refractivity (Wildman–Crippen MR) is 199 cm³/mol. The molecule has 0 saturated heterocycles. The van der Waals surface area contributed by atoms with Crippen LogP contribution in [0.5, 0.6) is 0 Å². The highest BCUT2D eigenvalue weighted by molar-refractivity contribution is 7.87. The summed E-state index contributed by atoms with van der Waals surface area (Å²) in [4.78, 5) is 0. The van der Waals surface area contributed by atoms with Gasteiger partial charge >= 0.3 is 15.6 Å². The Morgan fingerprint density at radius 1 is 0.580 bits per heavy atom. The molecule has 0 bridgehead atoms. The van der Waals surface area contributed by atoms with Gasteiger partial charge in [0.2, 0.25) is 0 Å². The van der Waals surface area contributed by atoms with Crippen molar-refractivity contribution in [2.24, 2.45) is 11.8 Å². The van der Waals surface area contributed by atoms with Crippen LogP contribution in [0.3, 0.4) is 0 Å². The van der Waals surface area contributed by atoms with Gasteiger partial charge < -0.3 is 8.85 Å². The lowest BCUT2D eigenvalue weighted by molar-refractivity contribution is -0.0872. The summed E-state index contributed by atoms with van der Waals surface area (Å²) in [7, 11) is -11.9. The molecule has 0 heterocycles. The monoisotopic (exact) mass is 740 g/mol. The SMILES string of the molecule is CC(C)(C)[Si](OC[C@H]1C[C@H](OS(=O)(=O)C(F)(F)F)[C@@H]1CO[Si](c1ccccc1)(c1ccccc1)C(C)(C)C)(c1ccccc1)c1ccccc1. The lowest BCUT2D eigenvalue weighted by atomic mass is 9.72. The molecule has 0 radical (unpaired) electrons. The summed E-state index contributed by atoms with van der Waals surface area (Å²) < 4.78 is 84.7. The summed E-state index contributed by atoms with van der Waals surface area (Å²) in [6.45, 7) is 13.0. The molecule has 268 valence electrons. The van der Waals surface area contributed by atoms with Crippen LogP contribution < -0.4 is 20.7 Å². The molecule has 5 rings (SSSR count). The molecule has 50 heavy (non-hydrogen) atoms. The van der Waals surface area contributed by atoms with Gasteiger partial charge in [-0.3, -0.25) is 4.18 Å². The summed E-state index contributed by atoms with van der Waals surface area (Å²) in [5.41, 5.74) is -5.53. The second kappa shape index (κ2) is 14.5. The molecule has 1 fully saturated rings. The van der Waals surface area contributed by atoms with E-state index in [1.54, 1.807) is 0 Å².